The number of amides is 1. The minimum atomic E-state index is -3.19. The van der Waals surface area contributed by atoms with E-state index in [0.717, 1.165) is 6.42 Å². The molecule has 0 spiro atoms. The number of rotatable bonds is 4. The fourth-order valence-corrected chi connectivity index (χ4v) is 4.27. The Hall–Kier alpha value is -0.330. The smallest absolute Gasteiger partial charge is 0.222 e. The van der Waals surface area contributed by atoms with Gasteiger partial charge in [0, 0.05) is 38.0 Å². The molecule has 1 amide bonds. The van der Waals surface area contributed by atoms with Gasteiger partial charge in [-0.1, -0.05) is 0 Å². The molecule has 0 aromatic rings. The number of carbonyl (C=O) groups excluding carboxylic acids is 1. The summed E-state index contributed by atoms with van der Waals surface area (Å²) in [4.78, 5) is 13.3. The summed E-state index contributed by atoms with van der Waals surface area (Å²) in [5.74, 6) is 0.631. The van der Waals surface area contributed by atoms with Crippen LogP contribution in [0.15, 0.2) is 0 Å². The van der Waals surface area contributed by atoms with Gasteiger partial charge >= 0.3 is 0 Å². The molecule has 2 saturated heterocycles. The zero-order valence-corrected chi connectivity index (χ0v) is 11.2. The van der Waals surface area contributed by atoms with Gasteiger partial charge in [-0.2, -0.15) is 4.31 Å². The molecule has 98 valence electrons. The van der Waals surface area contributed by atoms with E-state index in [-0.39, 0.29) is 17.7 Å². The monoisotopic (exact) mass is 280 g/mol. The summed E-state index contributed by atoms with van der Waals surface area (Å²) in [5, 5.41) is 0. The lowest BCUT2D eigenvalue weighted by molar-refractivity contribution is -0.130. The first-order valence-electron chi connectivity index (χ1n) is 5.88. The van der Waals surface area contributed by atoms with Gasteiger partial charge in [-0.3, -0.25) is 4.79 Å². The normalized spacial score (nSPS) is 26.3. The van der Waals surface area contributed by atoms with Crippen LogP contribution in [0.1, 0.15) is 19.3 Å². The van der Waals surface area contributed by atoms with E-state index in [1.807, 2.05) is 4.90 Å². The van der Waals surface area contributed by atoms with Crippen LogP contribution in [0.4, 0.5) is 0 Å². The van der Waals surface area contributed by atoms with Gasteiger partial charge in [0.1, 0.15) is 0 Å². The molecule has 7 heteroatoms. The molecule has 1 atom stereocenters. The lowest BCUT2D eigenvalue weighted by atomic mass is 10.2. The average molecular weight is 281 g/mol. The van der Waals surface area contributed by atoms with Crippen LogP contribution in [0.5, 0.6) is 0 Å². The molecule has 2 aliphatic heterocycles. The summed E-state index contributed by atoms with van der Waals surface area (Å²) in [6.07, 6.45) is 1.81. The van der Waals surface area contributed by atoms with E-state index in [0.29, 0.717) is 38.4 Å². The second-order valence-corrected chi connectivity index (χ2v) is 6.96. The molecule has 1 unspecified atom stereocenters. The lowest BCUT2D eigenvalue weighted by Gasteiger charge is -2.36. The van der Waals surface area contributed by atoms with Crippen molar-refractivity contribution >= 4 is 27.5 Å². The maximum Gasteiger partial charge on any atom is 0.222 e. The zero-order valence-electron chi connectivity index (χ0n) is 9.64. The Labute approximate surface area is 107 Å². The molecule has 2 rings (SSSR count). The van der Waals surface area contributed by atoms with Gasteiger partial charge in [0.2, 0.25) is 15.9 Å². The van der Waals surface area contributed by atoms with Crippen LogP contribution in [0, 0.1) is 0 Å². The summed E-state index contributed by atoms with van der Waals surface area (Å²) < 4.78 is 25.5. The standard InChI is InChI=1S/C10H17ClN2O3S/c11-4-1-7-17(15,16)12-5-6-13-9(8-12)2-3-10(13)14/h9H,1-8H2. The Bertz CT molecular complexity index is 398. The number of hydrogen-bond donors (Lipinski definition) is 0. The average Bonchev–Trinajstić information content (AvgIpc) is 2.68. The molecular weight excluding hydrogens is 264 g/mol. The third-order valence-electron chi connectivity index (χ3n) is 3.39. The quantitative estimate of drug-likeness (QED) is 0.694. The number of carbonyl (C=O) groups is 1. The number of piperazine rings is 1. The van der Waals surface area contributed by atoms with E-state index < -0.39 is 10.0 Å². The largest absolute Gasteiger partial charge is 0.337 e. The van der Waals surface area contributed by atoms with Crippen LogP contribution < -0.4 is 0 Å². The highest BCUT2D eigenvalue weighted by atomic mass is 35.5. The van der Waals surface area contributed by atoms with Crippen molar-refractivity contribution in [2.24, 2.45) is 0 Å². The molecule has 2 aliphatic rings. The summed E-state index contributed by atoms with van der Waals surface area (Å²) >= 11 is 5.52. The Morgan fingerprint density at radius 2 is 2.12 bits per heavy atom. The van der Waals surface area contributed by atoms with E-state index in [1.54, 1.807) is 0 Å². The van der Waals surface area contributed by atoms with E-state index in [2.05, 4.69) is 0 Å². The van der Waals surface area contributed by atoms with Gasteiger partial charge in [0.05, 0.1) is 5.75 Å². The Balaban J connectivity index is 1.99. The van der Waals surface area contributed by atoms with E-state index >= 15 is 0 Å². The highest BCUT2D eigenvalue weighted by Gasteiger charge is 2.38. The molecule has 0 saturated carbocycles. The third-order valence-corrected chi connectivity index (χ3v) is 5.58. The summed E-state index contributed by atoms with van der Waals surface area (Å²) in [5.41, 5.74) is 0. The number of sulfonamides is 1. The van der Waals surface area contributed by atoms with Crippen molar-refractivity contribution in [3.63, 3.8) is 0 Å². The van der Waals surface area contributed by atoms with Gasteiger partial charge in [0.25, 0.3) is 0 Å². The topological polar surface area (TPSA) is 57.7 Å². The zero-order chi connectivity index (χ0) is 12.5. The van der Waals surface area contributed by atoms with E-state index in [4.69, 9.17) is 11.6 Å². The van der Waals surface area contributed by atoms with Crippen molar-refractivity contribution < 1.29 is 13.2 Å². The molecule has 2 heterocycles. The number of nitrogens with zero attached hydrogens (tertiary/aromatic N) is 2. The molecule has 0 radical (unpaired) electrons. The molecular formula is C10H17ClN2O3S. The van der Waals surface area contributed by atoms with Crippen LogP contribution >= 0.6 is 11.6 Å². The highest BCUT2D eigenvalue weighted by molar-refractivity contribution is 7.89. The van der Waals surface area contributed by atoms with Crippen molar-refractivity contribution in [3.8, 4) is 0 Å². The van der Waals surface area contributed by atoms with Crippen molar-refractivity contribution in [1.82, 2.24) is 9.21 Å². The van der Waals surface area contributed by atoms with Crippen LogP contribution in [-0.2, 0) is 14.8 Å². The third kappa shape index (κ3) is 2.74. The van der Waals surface area contributed by atoms with Gasteiger partial charge in [-0.25, -0.2) is 8.42 Å². The lowest BCUT2D eigenvalue weighted by Crippen LogP contribution is -2.53. The maximum atomic E-state index is 12.0. The number of fused-ring (bicyclic) bond motifs is 1. The number of alkyl halides is 1. The molecule has 17 heavy (non-hydrogen) atoms. The second-order valence-electron chi connectivity index (χ2n) is 4.50. The van der Waals surface area contributed by atoms with Crippen molar-refractivity contribution in [2.75, 3.05) is 31.3 Å². The van der Waals surface area contributed by atoms with Crippen LogP contribution in [0.25, 0.3) is 0 Å². The van der Waals surface area contributed by atoms with Crippen LogP contribution in [0.3, 0.4) is 0 Å². The highest BCUT2D eigenvalue weighted by Crippen LogP contribution is 2.24. The first kappa shape index (κ1) is 13.1. The summed E-state index contributed by atoms with van der Waals surface area (Å²) in [7, 11) is -3.19. The minimum absolute atomic E-state index is 0.0852. The predicted molar refractivity (Wildman–Crippen MR) is 65.4 cm³/mol. The first-order chi connectivity index (χ1) is 8.04. The second kappa shape index (κ2) is 5.12. The van der Waals surface area contributed by atoms with Crippen molar-refractivity contribution in [2.45, 2.75) is 25.3 Å². The Kier molecular flexibility index (Phi) is 3.95. The van der Waals surface area contributed by atoms with E-state index in [1.165, 1.54) is 4.31 Å². The SMILES string of the molecule is O=C1CCC2CN(S(=O)(=O)CCCCl)CCN12. The molecule has 0 aromatic heterocycles. The minimum Gasteiger partial charge on any atom is -0.337 e. The number of halogens is 1. The molecule has 0 N–H and O–H groups in total. The van der Waals surface area contributed by atoms with Crippen LogP contribution in [-0.4, -0.2) is 60.8 Å². The molecule has 5 nitrogen and oxygen atoms in total. The van der Waals surface area contributed by atoms with Crippen LogP contribution in [0.2, 0.25) is 0 Å². The van der Waals surface area contributed by atoms with Crippen molar-refractivity contribution in [3.05, 3.63) is 0 Å². The maximum absolute atomic E-state index is 12.0. The molecule has 0 bridgehead atoms. The summed E-state index contributed by atoms with van der Waals surface area (Å²) in [6, 6.07) is 0.0852. The molecule has 0 aliphatic carbocycles. The molecule has 0 aromatic carbocycles. The predicted octanol–water partition coefficient (Wildman–Crippen LogP) is 0.252. The number of hydrogen-bond acceptors (Lipinski definition) is 3. The van der Waals surface area contributed by atoms with Crippen molar-refractivity contribution in [1.29, 1.82) is 0 Å². The molecule has 2 fully saturated rings. The van der Waals surface area contributed by atoms with Gasteiger partial charge in [-0.15, -0.1) is 11.6 Å². The fraction of sp³-hybridized carbons (Fsp3) is 0.900. The van der Waals surface area contributed by atoms with Gasteiger partial charge in [0.15, 0.2) is 0 Å². The van der Waals surface area contributed by atoms with E-state index in [9.17, 15) is 13.2 Å². The Morgan fingerprint density at radius 1 is 1.35 bits per heavy atom. The van der Waals surface area contributed by atoms with Gasteiger partial charge in [-0.05, 0) is 12.8 Å². The summed E-state index contributed by atoms with van der Waals surface area (Å²) in [6.45, 7) is 1.41. The Morgan fingerprint density at radius 3 is 2.82 bits per heavy atom. The fourth-order valence-electron chi connectivity index (χ4n) is 2.45. The van der Waals surface area contributed by atoms with Gasteiger partial charge < -0.3 is 4.90 Å². The first-order valence-corrected chi connectivity index (χ1v) is 8.02.